The molecule has 0 saturated carbocycles. The highest BCUT2D eigenvalue weighted by Crippen LogP contribution is 2.15. The van der Waals surface area contributed by atoms with Gasteiger partial charge in [-0.15, -0.1) is 0 Å². The minimum atomic E-state index is -3.75. The topological polar surface area (TPSA) is 102 Å². The molecule has 2 aromatic rings. The minimum Gasteiger partial charge on any atom is -0.395 e. The quantitative estimate of drug-likeness (QED) is 0.471. The maximum atomic E-state index is 12.5. The second-order valence-corrected chi connectivity index (χ2v) is 8.65. The zero-order valence-corrected chi connectivity index (χ0v) is 17.6. The summed E-state index contributed by atoms with van der Waals surface area (Å²) in [7, 11) is -0.525. The number of anilines is 1. The summed E-state index contributed by atoms with van der Waals surface area (Å²) in [5.74, 6) is -0.543. The summed E-state index contributed by atoms with van der Waals surface area (Å²) >= 11 is 0. The number of amides is 1. The Kier molecular flexibility index (Phi) is 7.89. The van der Waals surface area contributed by atoms with Crippen LogP contribution in [0.15, 0.2) is 58.5 Å². The number of carbonyl (C=O) groups excluding carboxylic acids is 1. The highest BCUT2D eigenvalue weighted by atomic mass is 32.2. The lowest BCUT2D eigenvalue weighted by atomic mass is 10.2. The predicted octanol–water partition coefficient (Wildman–Crippen LogP) is 1.19. The molecule has 0 spiro atoms. The summed E-state index contributed by atoms with van der Waals surface area (Å²) in [6.07, 6.45) is 1.47. The molecule has 0 aliphatic carbocycles. The molecule has 2 aromatic carbocycles. The van der Waals surface area contributed by atoms with Crippen molar-refractivity contribution in [1.82, 2.24) is 9.73 Å². The molecule has 0 aliphatic rings. The highest BCUT2D eigenvalue weighted by Gasteiger charge is 2.22. The van der Waals surface area contributed by atoms with Gasteiger partial charge in [0.2, 0.25) is 10.0 Å². The molecule has 156 valence electrons. The van der Waals surface area contributed by atoms with Crippen LogP contribution in [-0.2, 0) is 14.8 Å². The van der Waals surface area contributed by atoms with Gasteiger partial charge in [0.05, 0.1) is 24.3 Å². The zero-order chi connectivity index (χ0) is 21.4. The Balaban J connectivity index is 1.91. The van der Waals surface area contributed by atoms with E-state index in [4.69, 9.17) is 5.11 Å². The van der Waals surface area contributed by atoms with E-state index in [9.17, 15) is 13.2 Å². The SMILES string of the molecule is Cc1ccc(S(=O)(=O)N(C)CC(=O)N/N=C\c2ccc(N(C)CCO)cc2)cc1. The summed E-state index contributed by atoms with van der Waals surface area (Å²) < 4.78 is 26.0. The van der Waals surface area contributed by atoms with Crippen molar-refractivity contribution in [3.63, 3.8) is 0 Å². The fourth-order valence-electron chi connectivity index (χ4n) is 2.49. The minimum absolute atomic E-state index is 0.0693. The Morgan fingerprint density at radius 1 is 1.10 bits per heavy atom. The maximum absolute atomic E-state index is 12.5. The Labute approximate surface area is 171 Å². The third kappa shape index (κ3) is 6.38. The summed E-state index contributed by atoms with van der Waals surface area (Å²) in [4.78, 5) is 14.1. The van der Waals surface area contributed by atoms with Crippen LogP contribution in [0.1, 0.15) is 11.1 Å². The molecule has 2 N–H and O–H groups in total. The van der Waals surface area contributed by atoms with E-state index < -0.39 is 15.9 Å². The van der Waals surface area contributed by atoms with Gasteiger partial charge in [0, 0.05) is 26.3 Å². The summed E-state index contributed by atoms with van der Waals surface area (Å²) in [5.41, 5.74) is 5.00. The molecular weight excluding hydrogens is 392 g/mol. The van der Waals surface area contributed by atoms with Gasteiger partial charge >= 0.3 is 0 Å². The maximum Gasteiger partial charge on any atom is 0.255 e. The molecule has 0 radical (unpaired) electrons. The standard InChI is InChI=1S/C20H26N4O4S/c1-16-4-10-19(11-5-16)29(27,28)24(3)15-20(26)22-21-14-17-6-8-18(9-7-17)23(2)12-13-25/h4-11,14,25H,12-13,15H2,1-3H3,(H,22,26)/b21-14-. The third-order valence-electron chi connectivity index (χ3n) is 4.27. The van der Waals surface area contributed by atoms with E-state index in [1.807, 2.05) is 43.1 Å². The number of nitrogens with zero attached hydrogens (tertiary/aromatic N) is 3. The molecule has 0 saturated heterocycles. The van der Waals surface area contributed by atoms with E-state index in [-0.39, 0.29) is 18.0 Å². The Hall–Kier alpha value is -2.75. The number of rotatable bonds is 9. The lowest BCUT2D eigenvalue weighted by Crippen LogP contribution is -2.36. The van der Waals surface area contributed by atoms with Gasteiger partial charge in [-0.05, 0) is 36.8 Å². The van der Waals surface area contributed by atoms with E-state index in [1.54, 1.807) is 12.1 Å². The number of hydrogen-bond donors (Lipinski definition) is 2. The van der Waals surface area contributed by atoms with Crippen molar-refractivity contribution < 1.29 is 18.3 Å². The van der Waals surface area contributed by atoms with Crippen molar-refractivity contribution >= 4 is 27.8 Å². The van der Waals surface area contributed by atoms with Gasteiger partial charge in [0.25, 0.3) is 5.91 Å². The average Bonchev–Trinajstić information content (AvgIpc) is 2.69. The number of sulfonamides is 1. The average molecular weight is 419 g/mol. The Morgan fingerprint density at radius 2 is 1.72 bits per heavy atom. The van der Waals surface area contributed by atoms with Gasteiger partial charge in [-0.3, -0.25) is 4.79 Å². The first-order chi connectivity index (χ1) is 13.7. The van der Waals surface area contributed by atoms with Crippen molar-refractivity contribution in [2.24, 2.45) is 5.10 Å². The first-order valence-corrected chi connectivity index (χ1v) is 10.4. The van der Waals surface area contributed by atoms with Crippen LogP contribution in [0.4, 0.5) is 5.69 Å². The molecule has 29 heavy (non-hydrogen) atoms. The summed E-state index contributed by atoms with van der Waals surface area (Å²) in [5, 5.41) is 12.8. The van der Waals surface area contributed by atoms with Gasteiger partial charge in [0.1, 0.15) is 0 Å². The molecule has 1 amide bonds. The van der Waals surface area contributed by atoms with Crippen LogP contribution in [0, 0.1) is 6.92 Å². The van der Waals surface area contributed by atoms with Crippen LogP contribution >= 0.6 is 0 Å². The largest absolute Gasteiger partial charge is 0.395 e. The molecule has 2 rings (SSSR count). The van der Waals surface area contributed by atoms with Crippen molar-refractivity contribution in [3.8, 4) is 0 Å². The lowest BCUT2D eigenvalue weighted by molar-refractivity contribution is -0.121. The summed E-state index contributed by atoms with van der Waals surface area (Å²) in [6, 6.07) is 13.8. The van der Waals surface area contributed by atoms with Crippen molar-refractivity contribution in [1.29, 1.82) is 0 Å². The molecule has 0 aliphatic heterocycles. The Bertz CT molecular complexity index is 941. The number of hydrogen-bond acceptors (Lipinski definition) is 6. The lowest BCUT2D eigenvalue weighted by Gasteiger charge is -2.17. The van der Waals surface area contributed by atoms with E-state index in [2.05, 4.69) is 10.5 Å². The van der Waals surface area contributed by atoms with E-state index >= 15 is 0 Å². The van der Waals surface area contributed by atoms with E-state index in [1.165, 1.54) is 25.4 Å². The second kappa shape index (κ2) is 10.1. The van der Waals surface area contributed by atoms with Crippen LogP contribution in [0.5, 0.6) is 0 Å². The van der Waals surface area contributed by atoms with Gasteiger partial charge in [-0.2, -0.15) is 9.41 Å². The molecule has 9 heteroatoms. The molecule has 0 unspecified atom stereocenters. The van der Waals surface area contributed by atoms with E-state index in [0.29, 0.717) is 6.54 Å². The van der Waals surface area contributed by atoms with E-state index in [0.717, 1.165) is 21.1 Å². The number of hydrazone groups is 1. The smallest absolute Gasteiger partial charge is 0.255 e. The van der Waals surface area contributed by atoms with Gasteiger partial charge in [0.15, 0.2) is 0 Å². The van der Waals surface area contributed by atoms with Gasteiger partial charge in [-0.25, -0.2) is 13.8 Å². The van der Waals surface area contributed by atoms with Crippen molar-refractivity contribution in [2.45, 2.75) is 11.8 Å². The number of nitrogens with one attached hydrogen (secondary N) is 1. The van der Waals surface area contributed by atoms with Crippen LogP contribution in [0.3, 0.4) is 0 Å². The first kappa shape index (κ1) is 22.5. The molecule has 0 atom stereocenters. The third-order valence-corrected chi connectivity index (χ3v) is 6.09. The molecule has 0 fully saturated rings. The zero-order valence-electron chi connectivity index (χ0n) is 16.7. The molecule has 0 heterocycles. The number of carbonyl (C=O) groups is 1. The van der Waals surface area contributed by atoms with Gasteiger partial charge < -0.3 is 10.0 Å². The highest BCUT2D eigenvalue weighted by molar-refractivity contribution is 7.89. The molecular formula is C20H26N4O4S. The molecule has 0 bridgehead atoms. The number of aliphatic hydroxyl groups is 1. The van der Waals surface area contributed by atoms with Crippen LogP contribution in [-0.4, -0.2) is 63.7 Å². The molecule has 8 nitrogen and oxygen atoms in total. The Morgan fingerprint density at radius 3 is 2.31 bits per heavy atom. The van der Waals surface area contributed by atoms with Crippen LogP contribution in [0.25, 0.3) is 0 Å². The van der Waals surface area contributed by atoms with Crippen molar-refractivity contribution in [2.75, 3.05) is 38.7 Å². The fourth-order valence-corrected chi connectivity index (χ4v) is 3.61. The predicted molar refractivity (Wildman–Crippen MR) is 114 cm³/mol. The monoisotopic (exact) mass is 418 g/mol. The second-order valence-electron chi connectivity index (χ2n) is 6.60. The number of aliphatic hydroxyl groups excluding tert-OH is 1. The molecule has 0 aromatic heterocycles. The van der Waals surface area contributed by atoms with Gasteiger partial charge in [-0.1, -0.05) is 29.8 Å². The number of aryl methyl sites for hydroxylation is 1. The number of benzene rings is 2. The normalized spacial score (nSPS) is 11.8. The number of likely N-dealkylation sites (N-methyl/N-ethyl adjacent to an activating group) is 2. The van der Waals surface area contributed by atoms with Crippen LogP contribution < -0.4 is 10.3 Å². The fraction of sp³-hybridized carbons (Fsp3) is 0.300. The van der Waals surface area contributed by atoms with Crippen LogP contribution in [0.2, 0.25) is 0 Å². The first-order valence-electron chi connectivity index (χ1n) is 9.01. The van der Waals surface area contributed by atoms with Crippen molar-refractivity contribution in [3.05, 3.63) is 59.7 Å². The summed E-state index contributed by atoms with van der Waals surface area (Å²) in [6.45, 7) is 2.12.